The molecule has 2 rings (SSSR count). The van der Waals surface area contributed by atoms with Crippen LogP contribution < -0.4 is 10.5 Å². The van der Waals surface area contributed by atoms with Gasteiger partial charge in [-0.1, -0.05) is 39.7 Å². The third kappa shape index (κ3) is 4.51. The smallest absolute Gasteiger partial charge is 0.120 e. The Hall–Kier alpha value is -1.03. The Bertz CT molecular complexity index is 586. The van der Waals surface area contributed by atoms with Crippen molar-refractivity contribution in [2.45, 2.75) is 26.0 Å². The predicted octanol–water partition coefficient (Wildman–Crippen LogP) is 4.57. The Morgan fingerprint density at radius 3 is 2.75 bits per heavy atom. The molecule has 2 aromatic rings. The summed E-state index contributed by atoms with van der Waals surface area (Å²) < 4.78 is 6.86. The van der Waals surface area contributed by atoms with Crippen molar-refractivity contribution < 1.29 is 4.74 Å². The van der Waals surface area contributed by atoms with Crippen LogP contribution in [-0.4, -0.2) is 6.04 Å². The first kappa shape index (κ1) is 15.4. The van der Waals surface area contributed by atoms with Gasteiger partial charge in [0.25, 0.3) is 0 Å². The molecule has 1 unspecified atom stereocenters. The Labute approximate surface area is 133 Å². The number of hydrogen-bond donors (Lipinski definition) is 1. The number of halogens is 2. The van der Waals surface area contributed by atoms with E-state index in [0.29, 0.717) is 6.61 Å². The molecule has 0 amide bonds. The van der Waals surface area contributed by atoms with E-state index in [1.54, 1.807) is 0 Å². The molecule has 0 aliphatic heterocycles. The average molecular weight is 355 g/mol. The average Bonchev–Trinajstić information content (AvgIpc) is 2.39. The first-order valence-electron chi connectivity index (χ1n) is 6.46. The maximum atomic E-state index is 5.95. The molecule has 0 aliphatic carbocycles. The molecule has 0 radical (unpaired) electrons. The van der Waals surface area contributed by atoms with Gasteiger partial charge in [-0.05, 0) is 54.8 Å². The van der Waals surface area contributed by atoms with Gasteiger partial charge in [-0.15, -0.1) is 0 Å². The summed E-state index contributed by atoms with van der Waals surface area (Å²) in [5.74, 6) is 0.837. The van der Waals surface area contributed by atoms with Crippen LogP contribution in [0, 0.1) is 0 Å². The van der Waals surface area contributed by atoms with E-state index in [1.807, 2.05) is 49.4 Å². The van der Waals surface area contributed by atoms with Crippen LogP contribution in [0.2, 0.25) is 5.02 Å². The monoisotopic (exact) mass is 353 g/mol. The van der Waals surface area contributed by atoms with Crippen molar-refractivity contribution in [2.75, 3.05) is 0 Å². The molecule has 0 saturated carbocycles. The predicted molar refractivity (Wildman–Crippen MR) is 87.3 cm³/mol. The fourth-order valence-electron chi connectivity index (χ4n) is 1.94. The van der Waals surface area contributed by atoms with Crippen molar-refractivity contribution in [1.29, 1.82) is 0 Å². The van der Waals surface area contributed by atoms with Gasteiger partial charge in [-0.25, -0.2) is 0 Å². The SMILES string of the molecule is CC(N)Cc1cc(OCc2cccc(Cl)c2)ccc1Br. The summed E-state index contributed by atoms with van der Waals surface area (Å²) >= 11 is 9.49. The van der Waals surface area contributed by atoms with Crippen molar-refractivity contribution in [3.63, 3.8) is 0 Å². The minimum atomic E-state index is 0.120. The van der Waals surface area contributed by atoms with Gasteiger partial charge in [0.1, 0.15) is 12.4 Å². The number of hydrogen-bond acceptors (Lipinski definition) is 2. The summed E-state index contributed by atoms with van der Waals surface area (Å²) in [6, 6.07) is 13.8. The molecule has 2 N–H and O–H groups in total. The van der Waals surface area contributed by atoms with Gasteiger partial charge in [0, 0.05) is 15.5 Å². The summed E-state index contributed by atoms with van der Waals surface area (Å²) in [5, 5.41) is 0.722. The van der Waals surface area contributed by atoms with Crippen molar-refractivity contribution >= 4 is 27.5 Å². The van der Waals surface area contributed by atoms with E-state index in [4.69, 9.17) is 22.1 Å². The second-order valence-electron chi connectivity index (χ2n) is 4.85. The highest BCUT2D eigenvalue weighted by Crippen LogP contribution is 2.24. The van der Waals surface area contributed by atoms with Crippen molar-refractivity contribution in [1.82, 2.24) is 0 Å². The summed E-state index contributed by atoms with van der Waals surface area (Å²) in [6.45, 7) is 2.49. The molecule has 0 saturated heterocycles. The van der Waals surface area contributed by atoms with Gasteiger partial charge in [-0.3, -0.25) is 0 Å². The summed E-state index contributed by atoms with van der Waals surface area (Å²) in [5.41, 5.74) is 8.06. The van der Waals surface area contributed by atoms with Crippen LogP contribution in [0.4, 0.5) is 0 Å². The van der Waals surface area contributed by atoms with Gasteiger partial charge < -0.3 is 10.5 Å². The van der Waals surface area contributed by atoms with E-state index < -0.39 is 0 Å². The number of nitrogens with two attached hydrogens (primary N) is 1. The fraction of sp³-hybridized carbons (Fsp3) is 0.250. The molecule has 2 nitrogen and oxygen atoms in total. The zero-order valence-electron chi connectivity index (χ0n) is 11.3. The van der Waals surface area contributed by atoms with E-state index in [1.165, 1.54) is 0 Å². The van der Waals surface area contributed by atoms with Crippen molar-refractivity contribution in [2.24, 2.45) is 5.73 Å². The Morgan fingerprint density at radius 1 is 1.25 bits per heavy atom. The molecule has 0 aliphatic rings. The molecule has 2 aromatic carbocycles. The lowest BCUT2D eigenvalue weighted by atomic mass is 10.1. The molecular formula is C16H17BrClNO. The van der Waals surface area contributed by atoms with Gasteiger partial charge in [0.05, 0.1) is 0 Å². The highest BCUT2D eigenvalue weighted by atomic mass is 79.9. The van der Waals surface area contributed by atoms with Crippen LogP contribution in [0.15, 0.2) is 46.9 Å². The molecule has 0 fully saturated rings. The molecule has 20 heavy (non-hydrogen) atoms. The largest absolute Gasteiger partial charge is 0.489 e. The van der Waals surface area contributed by atoms with E-state index in [-0.39, 0.29) is 6.04 Å². The summed E-state index contributed by atoms with van der Waals surface area (Å²) in [4.78, 5) is 0. The molecular weight excluding hydrogens is 338 g/mol. The molecule has 0 bridgehead atoms. The van der Waals surface area contributed by atoms with Gasteiger partial charge in [-0.2, -0.15) is 0 Å². The van der Waals surface area contributed by atoms with Crippen LogP contribution in [0.5, 0.6) is 5.75 Å². The minimum absolute atomic E-state index is 0.120. The third-order valence-electron chi connectivity index (χ3n) is 2.85. The van der Waals surface area contributed by atoms with Gasteiger partial charge >= 0.3 is 0 Å². The van der Waals surface area contributed by atoms with E-state index in [9.17, 15) is 0 Å². The Balaban J connectivity index is 2.06. The molecule has 0 heterocycles. The lowest BCUT2D eigenvalue weighted by Gasteiger charge is -2.11. The van der Waals surface area contributed by atoms with E-state index in [2.05, 4.69) is 15.9 Å². The lowest BCUT2D eigenvalue weighted by Crippen LogP contribution is -2.18. The highest BCUT2D eigenvalue weighted by molar-refractivity contribution is 9.10. The summed E-state index contributed by atoms with van der Waals surface area (Å²) in [6.07, 6.45) is 0.814. The number of ether oxygens (including phenoxy) is 1. The van der Waals surface area contributed by atoms with E-state index in [0.717, 1.165) is 32.8 Å². The van der Waals surface area contributed by atoms with Crippen molar-refractivity contribution in [3.05, 3.63) is 63.1 Å². The molecule has 1 atom stereocenters. The third-order valence-corrected chi connectivity index (χ3v) is 3.86. The number of rotatable bonds is 5. The second kappa shape index (κ2) is 7.11. The van der Waals surface area contributed by atoms with Crippen molar-refractivity contribution in [3.8, 4) is 5.75 Å². The first-order valence-corrected chi connectivity index (χ1v) is 7.63. The standard InChI is InChI=1S/C16H17BrClNO/c1-11(19)7-13-9-15(5-6-16(13)17)20-10-12-3-2-4-14(18)8-12/h2-6,8-9,11H,7,10,19H2,1H3. The lowest BCUT2D eigenvalue weighted by molar-refractivity contribution is 0.306. The van der Waals surface area contributed by atoms with Crippen LogP contribution >= 0.6 is 27.5 Å². The maximum Gasteiger partial charge on any atom is 0.120 e. The van der Waals surface area contributed by atoms with Gasteiger partial charge in [0.2, 0.25) is 0 Å². The minimum Gasteiger partial charge on any atom is -0.489 e. The molecule has 0 spiro atoms. The first-order chi connectivity index (χ1) is 9.54. The topological polar surface area (TPSA) is 35.2 Å². The van der Waals surface area contributed by atoms with Crippen LogP contribution in [0.1, 0.15) is 18.1 Å². The quantitative estimate of drug-likeness (QED) is 0.853. The molecule has 0 aromatic heterocycles. The maximum absolute atomic E-state index is 5.95. The van der Waals surface area contributed by atoms with Crippen LogP contribution in [0.25, 0.3) is 0 Å². The van der Waals surface area contributed by atoms with Gasteiger partial charge in [0.15, 0.2) is 0 Å². The number of benzene rings is 2. The second-order valence-corrected chi connectivity index (χ2v) is 6.14. The van der Waals surface area contributed by atoms with Crippen LogP contribution in [-0.2, 0) is 13.0 Å². The Kier molecular flexibility index (Phi) is 5.46. The summed E-state index contributed by atoms with van der Waals surface area (Å²) in [7, 11) is 0. The zero-order valence-corrected chi connectivity index (χ0v) is 13.6. The van der Waals surface area contributed by atoms with Crippen LogP contribution in [0.3, 0.4) is 0 Å². The highest BCUT2D eigenvalue weighted by Gasteiger charge is 2.05. The van der Waals surface area contributed by atoms with E-state index >= 15 is 0 Å². The fourth-order valence-corrected chi connectivity index (χ4v) is 2.56. The zero-order chi connectivity index (χ0) is 14.5. The molecule has 106 valence electrons. The Morgan fingerprint density at radius 2 is 2.05 bits per heavy atom. The normalized spacial score (nSPS) is 12.2. The molecule has 4 heteroatoms.